The minimum absolute atomic E-state index is 0.0682. The van der Waals surface area contributed by atoms with Gasteiger partial charge in [0.15, 0.2) is 22.3 Å². The Bertz CT molecular complexity index is 4630. The van der Waals surface area contributed by atoms with Gasteiger partial charge < -0.3 is 29.0 Å². The second kappa shape index (κ2) is 30.6. The van der Waals surface area contributed by atoms with Crippen molar-refractivity contribution in [1.29, 1.82) is 0 Å². The molecule has 92 heavy (non-hydrogen) atoms. The number of hydrogen-bond acceptors (Lipinski definition) is 18. The summed E-state index contributed by atoms with van der Waals surface area (Å²) < 4.78 is 12.6. The van der Waals surface area contributed by atoms with Crippen LogP contribution in [-0.4, -0.2) is 113 Å². The maximum absolute atomic E-state index is 11.5. The number of primary amides is 1. The van der Waals surface area contributed by atoms with Crippen molar-refractivity contribution in [3.05, 3.63) is 164 Å². The lowest BCUT2D eigenvalue weighted by Gasteiger charge is -2.20. The highest BCUT2D eigenvalue weighted by Crippen LogP contribution is 2.21. The number of aromatic amines is 4. The third kappa shape index (κ3) is 18.3. The summed E-state index contributed by atoms with van der Waals surface area (Å²) >= 11 is 0. The molecule has 0 radical (unpaired) electrons. The van der Waals surface area contributed by atoms with E-state index in [1.54, 1.807) is 46.5 Å². The number of carbonyl (C=O) groups excluding carboxylic acids is 1. The molecular weight excluding hydrogens is 1180 g/mol. The Labute approximate surface area is 531 Å². The van der Waals surface area contributed by atoms with E-state index >= 15 is 0 Å². The van der Waals surface area contributed by atoms with Gasteiger partial charge in [-0.1, -0.05) is 0 Å². The predicted molar refractivity (Wildman–Crippen MR) is 356 cm³/mol. The minimum atomic E-state index is -0.593. The summed E-state index contributed by atoms with van der Waals surface area (Å²) in [4.78, 5) is 129. The Morgan fingerprint density at radius 2 is 0.989 bits per heavy atom. The Balaban J connectivity index is 0.000000195. The molecule has 0 saturated carbocycles. The first-order chi connectivity index (χ1) is 42.8. The number of nitrogens with zero attached hydrogens (tertiary/aromatic N) is 18. The van der Waals surface area contributed by atoms with Crippen molar-refractivity contribution in [2.24, 2.45) is 5.73 Å². The highest BCUT2D eigenvalue weighted by molar-refractivity contribution is 5.88. The van der Waals surface area contributed by atoms with Crippen molar-refractivity contribution in [2.45, 2.75) is 201 Å². The van der Waals surface area contributed by atoms with Gasteiger partial charge >= 0.3 is 17.1 Å². The van der Waals surface area contributed by atoms with Gasteiger partial charge in [-0.2, -0.15) is 4.98 Å². The lowest BCUT2D eigenvalue weighted by atomic mass is 10.1. The van der Waals surface area contributed by atoms with Crippen LogP contribution in [0.25, 0.3) is 44.5 Å². The van der Waals surface area contributed by atoms with Crippen LogP contribution in [0.15, 0.2) is 78.7 Å². The number of rotatable bonds is 7. The van der Waals surface area contributed by atoms with E-state index in [0.717, 1.165) is 56.5 Å². The first kappa shape index (κ1) is 72.6. The summed E-state index contributed by atoms with van der Waals surface area (Å²) in [6.45, 7) is 45.2. The number of fused-ring (bicyclic) bond motifs is 4. The summed E-state index contributed by atoms with van der Waals surface area (Å²) in [5, 5.41) is 5.00. The van der Waals surface area contributed by atoms with Crippen LogP contribution in [-0.2, 0) is 5.54 Å². The van der Waals surface area contributed by atoms with E-state index < -0.39 is 17.2 Å². The molecule has 0 atom stereocenters. The number of amides is 1. The van der Waals surface area contributed by atoms with Crippen LogP contribution < -0.4 is 39.5 Å². The molecule has 30 heteroatoms. The summed E-state index contributed by atoms with van der Waals surface area (Å²) in [7, 11) is 0. The van der Waals surface area contributed by atoms with Crippen LogP contribution in [0.2, 0.25) is 0 Å². The molecular formula is C62H89N23O7. The third-order valence-corrected chi connectivity index (χ3v) is 13.9. The van der Waals surface area contributed by atoms with Gasteiger partial charge in [-0.15, -0.1) is 5.10 Å². The lowest BCUT2D eigenvalue weighted by molar-refractivity contribution is 0.0990. The van der Waals surface area contributed by atoms with Crippen molar-refractivity contribution < 1.29 is 4.79 Å². The fourth-order valence-corrected chi connectivity index (χ4v) is 8.79. The summed E-state index contributed by atoms with van der Waals surface area (Å²) in [5.41, 5.74) is 11.9. The number of aryl methyl sites for hydroxylation is 8. The number of carbonyl (C=O) groups is 1. The molecule has 6 N–H and O–H groups in total. The molecule has 0 aliphatic carbocycles. The molecule has 0 aromatic carbocycles. The zero-order valence-electron chi connectivity index (χ0n) is 57.1. The van der Waals surface area contributed by atoms with E-state index in [1.807, 2.05) is 135 Å². The van der Waals surface area contributed by atoms with Gasteiger partial charge in [0.25, 0.3) is 22.6 Å². The molecule has 0 aliphatic rings. The highest BCUT2D eigenvalue weighted by atomic mass is 16.2. The van der Waals surface area contributed by atoms with E-state index in [4.69, 9.17) is 5.73 Å². The molecule has 0 fully saturated rings. The van der Waals surface area contributed by atoms with Gasteiger partial charge in [-0.3, -0.25) is 43.3 Å². The monoisotopic (exact) mass is 1270 g/mol. The van der Waals surface area contributed by atoms with Crippen LogP contribution in [0.4, 0.5) is 0 Å². The Hall–Kier alpha value is -10.2. The van der Waals surface area contributed by atoms with Gasteiger partial charge in [-0.25, -0.2) is 63.9 Å². The largest absolute Gasteiger partial charge is 0.363 e. The molecule has 0 aliphatic heterocycles. The second-order valence-corrected chi connectivity index (χ2v) is 24.5. The topological polar surface area (TPSA) is 385 Å². The van der Waals surface area contributed by atoms with E-state index in [0.29, 0.717) is 40.3 Å². The van der Waals surface area contributed by atoms with Crippen molar-refractivity contribution in [3.63, 3.8) is 0 Å². The van der Waals surface area contributed by atoms with Crippen LogP contribution in [0.3, 0.4) is 0 Å². The van der Waals surface area contributed by atoms with Gasteiger partial charge in [-0.05, 0) is 171 Å². The molecule has 1 amide bonds. The molecule has 11 aromatic heterocycles. The van der Waals surface area contributed by atoms with Crippen LogP contribution in [0, 0.1) is 55.4 Å². The average Bonchev–Trinajstić information content (AvgIpc) is 1.75. The van der Waals surface area contributed by atoms with E-state index in [-0.39, 0.29) is 63.5 Å². The predicted octanol–water partition coefficient (Wildman–Crippen LogP) is 7.65. The first-order valence-corrected chi connectivity index (χ1v) is 30.1. The zero-order chi connectivity index (χ0) is 69.1. The maximum Gasteiger partial charge on any atom is 0.348 e. The zero-order valence-corrected chi connectivity index (χ0v) is 57.1. The first-order valence-electron chi connectivity index (χ1n) is 30.1. The maximum atomic E-state index is 11.5. The number of nitrogens with one attached hydrogen (secondary N) is 4. The number of H-pyrrole nitrogens is 4. The molecule has 11 heterocycles. The average molecular weight is 1270 g/mol. The number of aromatic nitrogens is 22. The van der Waals surface area contributed by atoms with Crippen molar-refractivity contribution in [3.8, 4) is 0 Å². The fraction of sp³-hybridized carbons (Fsp3) is 0.484. The Morgan fingerprint density at radius 3 is 1.51 bits per heavy atom. The van der Waals surface area contributed by atoms with E-state index in [9.17, 15) is 33.6 Å². The van der Waals surface area contributed by atoms with Crippen LogP contribution in [0.1, 0.15) is 196 Å². The second-order valence-electron chi connectivity index (χ2n) is 24.5. The quantitative estimate of drug-likeness (QED) is 0.102. The van der Waals surface area contributed by atoms with Gasteiger partial charge in [0.05, 0.1) is 30.4 Å². The van der Waals surface area contributed by atoms with Crippen molar-refractivity contribution >= 4 is 50.4 Å². The normalized spacial score (nSPS) is 11.3. The van der Waals surface area contributed by atoms with Crippen molar-refractivity contribution in [1.82, 2.24) is 107 Å². The Kier molecular flexibility index (Phi) is 24.1. The summed E-state index contributed by atoms with van der Waals surface area (Å²) in [6, 6.07) is 3.64. The Morgan fingerprint density at radius 1 is 0.478 bits per heavy atom. The highest BCUT2D eigenvalue weighted by Gasteiger charge is 2.19. The van der Waals surface area contributed by atoms with Crippen molar-refractivity contribution in [2.75, 3.05) is 0 Å². The van der Waals surface area contributed by atoms with Gasteiger partial charge in [0.1, 0.15) is 40.6 Å². The number of hydrogen-bond donors (Lipinski definition) is 5. The summed E-state index contributed by atoms with van der Waals surface area (Å²) in [5.74, 6) is 1.74. The smallest absolute Gasteiger partial charge is 0.348 e. The molecule has 0 spiro atoms. The number of imidazole rings is 3. The molecule has 0 saturated heterocycles. The minimum Gasteiger partial charge on any atom is -0.363 e. The van der Waals surface area contributed by atoms with E-state index in [1.165, 1.54) is 10.9 Å². The lowest BCUT2D eigenvalue weighted by Crippen LogP contribution is -2.31. The molecule has 11 aromatic rings. The number of nitrogens with two attached hydrogens (primary N) is 1. The summed E-state index contributed by atoms with van der Waals surface area (Å²) in [6.07, 6.45) is 12.0. The third-order valence-electron chi connectivity index (χ3n) is 13.9. The van der Waals surface area contributed by atoms with E-state index in [2.05, 4.69) is 124 Å². The molecule has 11 rings (SSSR count). The SMILES string of the molecule is CC(C)(C)n1cnc2c(=O)[nH]c(=O)[nH]c21.CC(C)n1cnc(C(N)=O)n1.Cc1cn(C(C)C)c(=O)[nH]c1=O.Cc1cn(C(C)C)c(=O)nc1C.Cc1nc(C)c2ccn(C(C)C)c2n1.Cc1nc(C)c2ncn(C(C)C)c2n1.Cc1nc2c(ncn2C(C)C)c(=O)[nH]1. The van der Waals surface area contributed by atoms with Crippen LogP contribution in [0.5, 0.6) is 0 Å². The molecule has 30 nitrogen and oxygen atoms in total. The molecule has 0 unspecified atom stereocenters. The fourth-order valence-electron chi connectivity index (χ4n) is 8.79. The van der Waals surface area contributed by atoms with Gasteiger partial charge in [0, 0.05) is 77.0 Å². The molecule has 494 valence electrons. The van der Waals surface area contributed by atoms with Crippen LogP contribution >= 0.6 is 0 Å². The standard InChI is InChI=1S/C11H15N3.C10H14N4.C9H12N4O2.C9H12N4O.C9H14N2O.C8H12N2O2.C6H10N4O/c1-7(2)14-6-5-10-8(3)12-9(4)13-11(10)14;1-6(2)14-5-11-9-7(3)12-8(4)13-10(9)14;1-9(2,3)13-4-10-5-6(13)11-8(15)12-7(5)14;1-5(2)13-4-10-7-8(13)11-6(3)12-9(7)14;1-6(2)11-5-7(3)8(4)10-9(11)12;1-5(2)10-4-6(3)7(11)9-8(10)12;1-4(2)10-3-8-6(9-10)5(7)11/h5-7H,1-4H3;5-6H,1-4H3;4H,1-3H3,(H2,11,12,14,15);4-5H,1-3H3,(H,11,12,14);5-6H,1-4H3;4-5H,1-3H3,(H,9,11,12);3-4H,1-2H3,(H2,7,11). The molecule has 0 bridgehead atoms. The van der Waals surface area contributed by atoms with Gasteiger partial charge in [0.2, 0.25) is 5.82 Å².